The van der Waals surface area contributed by atoms with Crippen LogP contribution in [0.25, 0.3) is 5.57 Å². The first-order chi connectivity index (χ1) is 13.8. The third kappa shape index (κ3) is 2.71. The molecule has 2 saturated carbocycles. The van der Waals surface area contributed by atoms with Crippen molar-refractivity contribution in [2.75, 3.05) is 0 Å². The number of aromatic nitrogens is 1. The lowest BCUT2D eigenvalue weighted by Gasteiger charge is -2.56. The number of carbonyl (C=O) groups excluding carboxylic acids is 1. The molecule has 2 fully saturated rings. The molecule has 0 saturated heterocycles. The Bertz CT molecular complexity index is 975. The summed E-state index contributed by atoms with van der Waals surface area (Å²) < 4.78 is 26.4. The largest absolute Gasteiger partial charge is 0.295 e. The molecule has 1 heterocycles. The van der Waals surface area contributed by atoms with Crippen LogP contribution in [0, 0.1) is 22.7 Å². The lowest BCUT2D eigenvalue weighted by molar-refractivity contribution is -0.116. The maximum absolute atomic E-state index is 13.2. The zero-order valence-corrected chi connectivity index (χ0v) is 17.1. The van der Waals surface area contributed by atoms with Crippen molar-refractivity contribution < 1.29 is 13.6 Å². The van der Waals surface area contributed by atoms with Crippen molar-refractivity contribution in [2.45, 2.75) is 58.8 Å². The van der Waals surface area contributed by atoms with Crippen LogP contribution in [-0.4, -0.2) is 10.8 Å². The van der Waals surface area contributed by atoms with Crippen molar-refractivity contribution in [3.8, 4) is 0 Å². The summed E-state index contributed by atoms with van der Waals surface area (Å²) in [5.74, 6) is 1.35. The number of hydrogen-bond donors (Lipinski definition) is 0. The fraction of sp³-hybridized carbons (Fsp3) is 0.520. The Morgan fingerprint density at radius 1 is 1.10 bits per heavy atom. The molecule has 0 bridgehead atoms. The molecule has 152 valence electrons. The van der Waals surface area contributed by atoms with E-state index in [2.05, 4.69) is 31.0 Å². The first-order valence-electron chi connectivity index (χ1n) is 10.7. The summed E-state index contributed by atoms with van der Waals surface area (Å²) in [6.07, 6.45) is 12.6. The minimum Gasteiger partial charge on any atom is -0.295 e. The Balaban J connectivity index is 1.47. The molecule has 2 unspecified atom stereocenters. The van der Waals surface area contributed by atoms with Crippen molar-refractivity contribution in [1.82, 2.24) is 4.98 Å². The fourth-order valence-electron chi connectivity index (χ4n) is 6.70. The molecule has 29 heavy (non-hydrogen) atoms. The molecule has 0 spiro atoms. The predicted molar refractivity (Wildman–Crippen MR) is 109 cm³/mol. The van der Waals surface area contributed by atoms with Crippen molar-refractivity contribution in [3.63, 3.8) is 0 Å². The first kappa shape index (κ1) is 18.9. The molecular formula is C25H27F2NO. The number of allylic oxidation sites excluding steroid dienone is 6. The van der Waals surface area contributed by atoms with Crippen LogP contribution in [0.15, 0.2) is 47.8 Å². The SMILES string of the molecule is C[C@]12CCC3C(CCC4=CC(=O)CC[C@@]43C)C1=CC=C2c1cncc(C(F)F)c1. The van der Waals surface area contributed by atoms with E-state index in [1.54, 1.807) is 12.3 Å². The maximum atomic E-state index is 13.2. The quantitative estimate of drug-likeness (QED) is 0.575. The number of pyridine rings is 1. The molecule has 0 radical (unpaired) electrons. The second kappa shape index (κ2) is 6.45. The minimum atomic E-state index is -2.50. The van der Waals surface area contributed by atoms with Gasteiger partial charge >= 0.3 is 0 Å². The van der Waals surface area contributed by atoms with Crippen molar-refractivity contribution in [3.05, 3.63) is 59.0 Å². The number of rotatable bonds is 2. The van der Waals surface area contributed by atoms with E-state index in [1.807, 2.05) is 6.08 Å². The van der Waals surface area contributed by atoms with Gasteiger partial charge in [-0.2, -0.15) is 0 Å². The fourth-order valence-corrected chi connectivity index (χ4v) is 6.70. The van der Waals surface area contributed by atoms with E-state index in [0.29, 0.717) is 18.3 Å². The Kier molecular flexibility index (Phi) is 4.20. The van der Waals surface area contributed by atoms with Crippen LogP contribution < -0.4 is 0 Å². The monoisotopic (exact) mass is 395 g/mol. The van der Waals surface area contributed by atoms with Crippen molar-refractivity contribution >= 4 is 11.4 Å². The highest BCUT2D eigenvalue weighted by Crippen LogP contribution is 2.65. The van der Waals surface area contributed by atoms with Crippen LogP contribution in [0.5, 0.6) is 0 Å². The van der Waals surface area contributed by atoms with Crippen LogP contribution in [0.2, 0.25) is 0 Å². The normalized spacial score (nSPS) is 36.0. The van der Waals surface area contributed by atoms with Gasteiger partial charge in [0.05, 0.1) is 0 Å². The average Bonchev–Trinajstić information content (AvgIpc) is 3.06. The third-order valence-electron chi connectivity index (χ3n) is 8.33. The molecule has 0 aromatic carbocycles. The van der Waals surface area contributed by atoms with Gasteiger partial charge in [-0.25, -0.2) is 8.78 Å². The van der Waals surface area contributed by atoms with Gasteiger partial charge in [0.1, 0.15) is 0 Å². The Hall–Kier alpha value is -2.10. The van der Waals surface area contributed by atoms with Gasteiger partial charge in [-0.1, -0.05) is 37.1 Å². The number of ketones is 1. The topological polar surface area (TPSA) is 30.0 Å². The second-order valence-corrected chi connectivity index (χ2v) is 9.69. The lowest BCUT2D eigenvalue weighted by Crippen LogP contribution is -2.47. The standard InChI is InChI=1S/C25H27F2NO/c1-24-9-7-18(29)12-17(24)3-4-19-21-6-5-20(25(21,2)10-8-22(19)24)15-11-16(23(26)27)14-28-13-15/h5-6,11-14,19,22-23H,3-4,7-10H2,1-2H3/t19?,22?,24-,25+/m0/s1. The Morgan fingerprint density at radius 3 is 2.72 bits per heavy atom. The maximum Gasteiger partial charge on any atom is 0.265 e. The van der Waals surface area contributed by atoms with Crippen LogP contribution in [0.3, 0.4) is 0 Å². The van der Waals surface area contributed by atoms with Gasteiger partial charge in [-0.15, -0.1) is 0 Å². The summed E-state index contributed by atoms with van der Waals surface area (Å²) in [6.45, 7) is 4.64. The first-order valence-corrected chi connectivity index (χ1v) is 10.7. The molecule has 0 N–H and O–H groups in total. The van der Waals surface area contributed by atoms with Crippen LogP contribution in [-0.2, 0) is 4.79 Å². The number of hydrogen-bond acceptors (Lipinski definition) is 2. The second-order valence-electron chi connectivity index (χ2n) is 9.69. The van der Waals surface area contributed by atoms with E-state index in [0.717, 1.165) is 43.2 Å². The van der Waals surface area contributed by atoms with Crippen molar-refractivity contribution in [1.29, 1.82) is 0 Å². The summed E-state index contributed by atoms with van der Waals surface area (Å²) in [7, 11) is 0. The summed E-state index contributed by atoms with van der Waals surface area (Å²) in [5.41, 5.74) is 4.78. The van der Waals surface area contributed by atoms with E-state index in [-0.39, 0.29) is 22.2 Å². The highest BCUT2D eigenvalue weighted by molar-refractivity contribution is 5.91. The zero-order chi connectivity index (χ0) is 20.4. The van der Waals surface area contributed by atoms with E-state index >= 15 is 0 Å². The summed E-state index contributed by atoms with van der Waals surface area (Å²) in [5, 5.41) is 0. The molecule has 2 nitrogen and oxygen atoms in total. The summed E-state index contributed by atoms with van der Waals surface area (Å²) >= 11 is 0. The Morgan fingerprint density at radius 2 is 1.93 bits per heavy atom. The molecule has 0 aliphatic heterocycles. The van der Waals surface area contributed by atoms with E-state index in [1.165, 1.54) is 17.3 Å². The molecule has 1 aromatic heterocycles. The van der Waals surface area contributed by atoms with Gasteiger partial charge in [0.25, 0.3) is 6.43 Å². The van der Waals surface area contributed by atoms with Gasteiger partial charge in [-0.3, -0.25) is 9.78 Å². The smallest absolute Gasteiger partial charge is 0.265 e. The molecule has 4 atom stereocenters. The lowest BCUT2D eigenvalue weighted by atomic mass is 9.48. The number of fused-ring (bicyclic) bond motifs is 5. The van der Waals surface area contributed by atoms with Crippen LogP contribution >= 0.6 is 0 Å². The molecule has 4 heteroatoms. The number of carbonyl (C=O) groups is 1. The predicted octanol–water partition coefficient (Wildman–Crippen LogP) is 6.46. The third-order valence-corrected chi connectivity index (χ3v) is 8.33. The number of halogens is 2. The molecule has 5 rings (SSSR count). The molecule has 4 aliphatic rings. The molecule has 1 aromatic rings. The van der Waals surface area contributed by atoms with Crippen LogP contribution in [0.1, 0.15) is 69.9 Å². The minimum absolute atomic E-state index is 0.0130. The van der Waals surface area contributed by atoms with Gasteiger partial charge < -0.3 is 0 Å². The van der Waals surface area contributed by atoms with Crippen molar-refractivity contribution in [2.24, 2.45) is 22.7 Å². The average molecular weight is 395 g/mol. The van der Waals surface area contributed by atoms with Gasteiger partial charge in [0.15, 0.2) is 5.78 Å². The van der Waals surface area contributed by atoms with Gasteiger partial charge in [-0.05, 0) is 72.6 Å². The highest BCUT2D eigenvalue weighted by atomic mass is 19.3. The summed E-state index contributed by atoms with van der Waals surface area (Å²) in [4.78, 5) is 16.1. The zero-order valence-electron chi connectivity index (χ0n) is 17.1. The van der Waals surface area contributed by atoms with Crippen LogP contribution in [0.4, 0.5) is 8.78 Å². The van der Waals surface area contributed by atoms with Gasteiger partial charge in [0, 0.05) is 29.8 Å². The Labute approximate surface area is 170 Å². The molecule has 0 amide bonds. The molecular weight excluding hydrogens is 368 g/mol. The molecule has 4 aliphatic carbocycles. The number of nitrogens with zero attached hydrogens (tertiary/aromatic N) is 1. The van der Waals surface area contributed by atoms with E-state index in [4.69, 9.17) is 0 Å². The number of alkyl halides is 2. The summed E-state index contributed by atoms with van der Waals surface area (Å²) in [6, 6.07) is 1.60. The van der Waals surface area contributed by atoms with E-state index in [9.17, 15) is 13.6 Å². The van der Waals surface area contributed by atoms with Gasteiger partial charge in [0.2, 0.25) is 0 Å². The highest BCUT2D eigenvalue weighted by Gasteiger charge is 2.54. The van der Waals surface area contributed by atoms with E-state index < -0.39 is 6.43 Å².